The number of esters is 1. The Morgan fingerprint density at radius 1 is 1.46 bits per heavy atom. The van der Waals surface area contributed by atoms with Gasteiger partial charge in [-0.1, -0.05) is 55.1 Å². The smallest absolute Gasteiger partial charge is 0.358 e. The summed E-state index contributed by atoms with van der Waals surface area (Å²) in [6.07, 6.45) is 2.04. The third-order valence-electron chi connectivity index (χ3n) is 1.51. The molecule has 0 aliphatic rings. The van der Waals surface area contributed by atoms with Gasteiger partial charge in [0.1, 0.15) is 0 Å². The third kappa shape index (κ3) is 6.42. The molecule has 2 nitrogen and oxygen atoms in total. The third-order valence-corrected chi connectivity index (χ3v) is 1.97. The van der Waals surface area contributed by atoms with Gasteiger partial charge in [-0.3, -0.25) is 0 Å². The SMILES string of the molecule is CCC[C@@H](C)COC(=O)C(Cl)(Cl)Cl. The summed E-state index contributed by atoms with van der Waals surface area (Å²) in [7, 11) is 0. The summed E-state index contributed by atoms with van der Waals surface area (Å²) < 4.78 is 2.83. The van der Waals surface area contributed by atoms with Crippen molar-refractivity contribution in [1.82, 2.24) is 0 Å². The van der Waals surface area contributed by atoms with Gasteiger partial charge >= 0.3 is 5.97 Å². The van der Waals surface area contributed by atoms with Crippen LogP contribution in [0.3, 0.4) is 0 Å². The first-order chi connectivity index (χ1) is 5.88. The minimum Gasteiger partial charge on any atom is -0.462 e. The van der Waals surface area contributed by atoms with Crippen molar-refractivity contribution >= 4 is 40.8 Å². The van der Waals surface area contributed by atoms with Crippen LogP contribution in [-0.2, 0) is 9.53 Å². The zero-order valence-corrected chi connectivity index (χ0v) is 9.92. The van der Waals surface area contributed by atoms with E-state index in [-0.39, 0.29) is 0 Å². The minimum atomic E-state index is -1.95. The fourth-order valence-corrected chi connectivity index (χ4v) is 1.04. The van der Waals surface area contributed by atoms with Gasteiger partial charge in [0, 0.05) is 0 Å². The van der Waals surface area contributed by atoms with E-state index in [0.29, 0.717) is 12.5 Å². The Bertz CT molecular complexity index is 165. The van der Waals surface area contributed by atoms with Crippen LogP contribution in [0.15, 0.2) is 0 Å². The van der Waals surface area contributed by atoms with Crippen LogP contribution in [0, 0.1) is 5.92 Å². The van der Waals surface area contributed by atoms with Gasteiger partial charge in [-0.15, -0.1) is 0 Å². The molecule has 0 aromatic rings. The fourth-order valence-electron chi connectivity index (χ4n) is 0.876. The second-order valence-corrected chi connectivity index (χ2v) is 5.27. The average molecular weight is 248 g/mol. The Morgan fingerprint density at radius 3 is 2.38 bits per heavy atom. The summed E-state index contributed by atoms with van der Waals surface area (Å²) in [6, 6.07) is 0. The van der Waals surface area contributed by atoms with Crippen LogP contribution in [-0.4, -0.2) is 16.4 Å². The van der Waals surface area contributed by atoms with E-state index >= 15 is 0 Å². The molecule has 0 bridgehead atoms. The van der Waals surface area contributed by atoms with Crippen LogP contribution in [0.1, 0.15) is 26.7 Å². The minimum absolute atomic E-state index is 0.306. The molecule has 0 N–H and O–H groups in total. The largest absolute Gasteiger partial charge is 0.462 e. The van der Waals surface area contributed by atoms with Gasteiger partial charge in [0.25, 0.3) is 3.79 Å². The molecule has 0 radical (unpaired) electrons. The molecular weight excluding hydrogens is 234 g/mol. The highest BCUT2D eigenvalue weighted by Gasteiger charge is 2.32. The quantitative estimate of drug-likeness (QED) is 0.563. The molecule has 0 rings (SSSR count). The molecule has 0 heterocycles. The van der Waals surface area contributed by atoms with Crippen molar-refractivity contribution in [2.24, 2.45) is 5.92 Å². The molecule has 5 heteroatoms. The molecule has 0 aromatic carbocycles. The van der Waals surface area contributed by atoms with Crippen molar-refractivity contribution in [2.75, 3.05) is 6.61 Å². The number of ether oxygens (including phenoxy) is 1. The monoisotopic (exact) mass is 246 g/mol. The standard InChI is InChI=1S/C8H13Cl3O2/c1-3-4-6(2)5-13-7(12)8(9,10)11/h6H,3-5H2,1-2H3/t6-/m1/s1. The highest BCUT2D eigenvalue weighted by Crippen LogP contribution is 2.27. The number of hydrogen-bond acceptors (Lipinski definition) is 2. The lowest BCUT2D eigenvalue weighted by atomic mass is 10.1. The molecular formula is C8H13Cl3O2. The Balaban J connectivity index is 3.71. The molecule has 0 unspecified atom stereocenters. The van der Waals surface area contributed by atoms with Gasteiger partial charge in [0.2, 0.25) is 0 Å². The highest BCUT2D eigenvalue weighted by molar-refractivity contribution is 6.75. The zero-order valence-electron chi connectivity index (χ0n) is 7.65. The van der Waals surface area contributed by atoms with E-state index in [1.165, 1.54) is 0 Å². The maximum absolute atomic E-state index is 11.0. The normalized spacial score (nSPS) is 13.9. The Hall–Kier alpha value is 0.340. The number of halogens is 3. The van der Waals surface area contributed by atoms with E-state index in [4.69, 9.17) is 39.5 Å². The predicted molar refractivity (Wildman–Crippen MR) is 55.3 cm³/mol. The molecule has 0 aliphatic heterocycles. The van der Waals surface area contributed by atoms with E-state index in [2.05, 4.69) is 6.92 Å². The highest BCUT2D eigenvalue weighted by atomic mass is 35.6. The van der Waals surface area contributed by atoms with Gasteiger partial charge < -0.3 is 4.74 Å². The van der Waals surface area contributed by atoms with Gasteiger partial charge in [0.05, 0.1) is 6.61 Å². The Morgan fingerprint density at radius 2 is 2.00 bits per heavy atom. The summed E-state index contributed by atoms with van der Waals surface area (Å²) in [6.45, 7) is 4.35. The van der Waals surface area contributed by atoms with Gasteiger partial charge in [0.15, 0.2) is 0 Å². The van der Waals surface area contributed by atoms with E-state index in [0.717, 1.165) is 12.8 Å². The van der Waals surface area contributed by atoms with E-state index in [1.54, 1.807) is 0 Å². The van der Waals surface area contributed by atoms with Gasteiger partial charge in [-0.05, 0) is 12.3 Å². The fraction of sp³-hybridized carbons (Fsp3) is 0.875. The summed E-state index contributed by atoms with van der Waals surface area (Å²) >= 11 is 15.9. The molecule has 0 aliphatic carbocycles. The lowest BCUT2D eigenvalue weighted by Crippen LogP contribution is -2.24. The van der Waals surface area contributed by atoms with Crippen LogP contribution in [0.5, 0.6) is 0 Å². The summed E-state index contributed by atoms with van der Waals surface area (Å²) in [5, 5.41) is 0. The van der Waals surface area contributed by atoms with Crippen molar-refractivity contribution in [3.8, 4) is 0 Å². The number of carbonyl (C=O) groups excluding carboxylic acids is 1. The lowest BCUT2D eigenvalue weighted by Gasteiger charge is -2.13. The van der Waals surface area contributed by atoms with Gasteiger partial charge in [-0.25, -0.2) is 4.79 Å². The van der Waals surface area contributed by atoms with Crippen molar-refractivity contribution in [3.05, 3.63) is 0 Å². The van der Waals surface area contributed by atoms with E-state index in [1.807, 2.05) is 6.92 Å². The first-order valence-electron chi connectivity index (χ1n) is 4.11. The number of alkyl halides is 3. The Labute approximate surface area is 93.5 Å². The first kappa shape index (κ1) is 13.3. The molecule has 0 spiro atoms. The Kier molecular flexibility index (Phi) is 6.10. The maximum atomic E-state index is 11.0. The summed E-state index contributed by atoms with van der Waals surface area (Å²) in [5.74, 6) is -0.498. The maximum Gasteiger partial charge on any atom is 0.358 e. The summed E-state index contributed by atoms with van der Waals surface area (Å²) in [5.41, 5.74) is 0. The molecule has 0 fully saturated rings. The molecule has 0 saturated heterocycles. The van der Waals surface area contributed by atoms with Crippen molar-refractivity contribution < 1.29 is 9.53 Å². The second-order valence-electron chi connectivity index (χ2n) is 2.99. The van der Waals surface area contributed by atoms with Crippen LogP contribution in [0.25, 0.3) is 0 Å². The van der Waals surface area contributed by atoms with Crippen LogP contribution < -0.4 is 0 Å². The number of carbonyl (C=O) groups is 1. The molecule has 0 saturated carbocycles. The summed E-state index contributed by atoms with van der Waals surface area (Å²) in [4.78, 5) is 11.0. The zero-order chi connectivity index (χ0) is 10.5. The second kappa shape index (κ2) is 5.94. The van der Waals surface area contributed by atoms with Crippen molar-refractivity contribution in [1.29, 1.82) is 0 Å². The van der Waals surface area contributed by atoms with Crippen LogP contribution in [0.4, 0.5) is 0 Å². The van der Waals surface area contributed by atoms with Crippen molar-refractivity contribution in [3.63, 3.8) is 0 Å². The van der Waals surface area contributed by atoms with Gasteiger partial charge in [-0.2, -0.15) is 0 Å². The first-order valence-corrected chi connectivity index (χ1v) is 5.25. The topological polar surface area (TPSA) is 26.3 Å². The van der Waals surface area contributed by atoms with Crippen LogP contribution >= 0.6 is 34.8 Å². The molecule has 13 heavy (non-hydrogen) atoms. The van der Waals surface area contributed by atoms with Crippen LogP contribution in [0.2, 0.25) is 0 Å². The lowest BCUT2D eigenvalue weighted by molar-refractivity contribution is -0.143. The molecule has 0 amide bonds. The number of rotatable bonds is 4. The molecule has 78 valence electrons. The molecule has 0 aromatic heterocycles. The van der Waals surface area contributed by atoms with E-state index < -0.39 is 9.76 Å². The van der Waals surface area contributed by atoms with E-state index in [9.17, 15) is 4.79 Å². The average Bonchev–Trinajstić information content (AvgIpc) is 1.99. The number of hydrogen-bond donors (Lipinski definition) is 0. The predicted octanol–water partition coefficient (Wildman–Crippen LogP) is 3.34. The van der Waals surface area contributed by atoms with Crippen molar-refractivity contribution in [2.45, 2.75) is 30.5 Å². The molecule has 1 atom stereocenters.